The first kappa shape index (κ1) is 27.5. The largest absolute Gasteiger partial charge is 0.497 e. The lowest BCUT2D eigenvalue weighted by Crippen LogP contribution is -2.57. The topological polar surface area (TPSA) is 69.6 Å². The Balaban J connectivity index is 0.00000385. The molecule has 2 heterocycles. The molecule has 186 valence electrons. The Kier molecular flexibility index (Phi) is 11.5. The van der Waals surface area contributed by atoms with Gasteiger partial charge in [-0.25, -0.2) is 4.99 Å². The second-order valence-electron chi connectivity index (χ2n) is 8.53. The van der Waals surface area contributed by atoms with E-state index in [1.54, 1.807) is 7.11 Å². The van der Waals surface area contributed by atoms with Gasteiger partial charge in [0.25, 0.3) is 0 Å². The summed E-state index contributed by atoms with van der Waals surface area (Å²) in [5.41, 5.74) is 0. The Morgan fingerprint density at radius 1 is 1.00 bits per heavy atom. The average molecular weight is 574 g/mol. The number of likely N-dealkylation sites (tertiary alicyclic amines) is 1. The number of amides is 1. The first-order valence-corrected chi connectivity index (χ1v) is 11.9. The highest BCUT2D eigenvalue weighted by molar-refractivity contribution is 14.0. The van der Waals surface area contributed by atoms with E-state index in [1.807, 2.05) is 43.0 Å². The second kappa shape index (κ2) is 13.8. The molecule has 0 aliphatic carbocycles. The number of aliphatic imine (C=N–C) groups is 1. The summed E-state index contributed by atoms with van der Waals surface area (Å²) in [5, 5.41) is 3.41. The molecule has 0 aromatic heterocycles. The summed E-state index contributed by atoms with van der Waals surface area (Å²) in [6, 6.07) is 7.56. The molecular formula is C24H40IN5O3. The molecule has 2 aliphatic rings. The predicted molar refractivity (Wildman–Crippen MR) is 143 cm³/mol. The number of halogens is 1. The molecule has 1 aromatic rings. The molecular weight excluding hydrogens is 533 g/mol. The summed E-state index contributed by atoms with van der Waals surface area (Å²) >= 11 is 0. The minimum atomic E-state index is -0.0484. The minimum absolute atomic E-state index is 0. The fourth-order valence-corrected chi connectivity index (χ4v) is 4.24. The van der Waals surface area contributed by atoms with E-state index in [-0.39, 0.29) is 42.0 Å². The van der Waals surface area contributed by atoms with Crippen molar-refractivity contribution in [2.24, 2.45) is 4.99 Å². The maximum atomic E-state index is 12.7. The van der Waals surface area contributed by atoms with E-state index in [0.29, 0.717) is 6.54 Å². The molecule has 2 aliphatic heterocycles. The Labute approximate surface area is 215 Å². The van der Waals surface area contributed by atoms with Gasteiger partial charge in [-0.3, -0.25) is 9.69 Å². The number of nitrogens with one attached hydrogen (secondary N) is 1. The van der Waals surface area contributed by atoms with Crippen LogP contribution in [0.25, 0.3) is 0 Å². The van der Waals surface area contributed by atoms with E-state index in [4.69, 9.17) is 14.5 Å². The Morgan fingerprint density at radius 2 is 1.61 bits per heavy atom. The molecule has 2 saturated heterocycles. The van der Waals surface area contributed by atoms with Crippen LogP contribution in [0.5, 0.6) is 11.5 Å². The van der Waals surface area contributed by atoms with Crippen molar-refractivity contribution in [2.75, 3.05) is 59.5 Å². The Morgan fingerprint density at radius 3 is 2.18 bits per heavy atom. The maximum Gasteiger partial charge on any atom is 0.239 e. The standard InChI is InChI=1S/C24H39N5O3.HI/c1-5-25-24(26-18-19(2)32-22-10-8-21(31-4)9-11-22)29-16-14-27(15-17-29)20(3)23(30)28-12-6-7-13-28;/h8-11,19-20H,5-7,12-18H2,1-4H3,(H,25,26);1H. The maximum absolute atomic E-state index is 12.7. The summed E-state index contributed by atoms with van der Waals surface area (Å²) in [5.74, 6) is 2.81. The molecule has 1 N–H and O–H groups in total. The molecule has 0 radical (unpaired) electrons. The van der Waals surface area contributed by atoms with Crippen LogP contribution >= 0.6 is 24.0 Å². The van der Waals surface area contributed by atoms with Crippen molar-refractivity contribution in [3.05, 3.63) is 24.3 Å². The lowest BCUT2D eigenvalue weighted by Gasteiger charge is -2.39. The number of hydrogen-bond acceptors (Lipinski definition) is 5. The van der Waals surface area contributed by atoms with Crippen molar-refractivity contribution in [1.29, 1.82) is 0 Å². The smallest absolute Gasteiger partial charge is 0.239 e. The third-order valence-corrected chi connectivity index (χ3v) is 6.17. The lowest BCUT2D eigenvalue weighted by atomic mass is 10.2. The molecule has 8 nitrogen and oxygen atoms in total. The minimum Gasteiger partial charge on any atom is -0.497 e. The van der Waals surface area contributed by atoms with Gasteiger partial charge in [-0.1, -0.05) is 0 Å². The van der Waals surface area contributed by atoms with E-state index in [9.17, 15) is 4.79 Å². The molecule has 9 heteroatoms. The van der Waals surface area contributed by atoms with Crippen molar-refractivity contribution >= 4 is 35.8 Å². The summed E-state index contributed by atoms with van der Waals surface area (Å²) in [6.45, 7) is 12.8. The summed E-state index contributed by atoms with van der Waals surface area (Å²) in [7, 11) is 1.65. The summed E-state index contributed by atoms with van der Waals surface area (Å²) in [6.07, 6.45) is 2.22. The van der Waals surface area contributed by atoms with E-state index >= 15 is 0 Å². The van der Waals surface area contributed by atoms with Gasteiger partial charge in [0.2, 0.25) is 5.91 Å². The fourth-order valence-electron chi connectivity index (χ4n) is 4.24. The van der Waals surface area contributed by atoms with Gasteiger partial charge >= 0.3 is 0 Å². The summed E-state index contributed by atoms with van der Waals surface area (Å²) < 4.78 is 11.2. The van der Waals surface area contributed by atoms with E-state index in [0.717, 1.165) is 76.1 Å². The number of ether oxygens (including phenoxy) is 2. The second-order valence-corrected chi connectivity index (χ2v) is 8.53. The highest BCUT2D eigenvalue weighted by atomic mass is 127. The molecule has 2 fully saturated rings. The van der Waals surface area contributed by atoms with Gasteiger partial charge in [-0.15, -0.1) is 24.0 Å². The summed E-state index contributed by atoms with van der Waals surface area (Å²) in [4.78, 5) is 24.2. The number of carbonyl (C=O) groups excluding carboxylic acids is 1. The Hall–Kier alpha value is -1.75. The number of hydrogen-bond donors (Lipinski definition) is 1. The first-order valence-electron chi connectivity index (χ1n) is 11.9. The van der Waals surface area contributed by atoms with Crippen LogP contribution in [0.3, 0.4) is 0 Å². The van der Waals surface area contributed by atoms with Gasteiger partial charge in [-0.2, -0.15) is 0 Å². The number of benzene rings is 1. The normalized spacial score (nSPS) is 19.0. The SMILES string of the molecule is CCNC(=NCC(C)Oc1ccc(OC)cc1)N1CCN(C(C)C(=O)N2CCCC2)CC1.I. The number of methoxy groups -OCH3 is 1. The van der Waals surface area contributed by atoms with Crippen LogP contribution in [-0.4, -0.2) is 98.2 Å². The molecule has 3 rings (SSSR count). The molecule has 0 saturated carbocycles. The fraction of sp³-hybridized carbons (Fsp3) is 0.667. The van der Waals surface area contributed by atoms with Crippen LogP contribution < -0.4 is 14.8 Å². The quantitative estimate of drug-likeness (QED) is 0.293. The molecule has 0 bridgehead atoms. The van der Waals surface area contributed by atoms with Crippen molar-refractivity contribution < 1.29 is 14.3 Å². The number of piperazine rings is 1. The van der Waals surface area contributed by atoms with Crippen LogP contribution in [0.2, 0.25) is 0 Å². The van der Waals surface area contributed by atoms with E-state index in [2.05, 4.69) is 22.0 Å². The number of nitrogens with zero attached hydrogens (tertiary/aromatic N) is 4. The van der Waals surface area contributed by atoms with Crippen LogP contribution in [0, 0.1) is 0 Å². The van der Waals surface area contributed by atoms with Gasteiger partial charge in [0.15, 0.2) is 5.96 Å². The molecule has 2 unspecified atom stereocenters. The average Bonchev–Trinajstić information content (AvgIpc) is 3.36. The zero-order valence-corrected chi connectivity index (χ0v) is 22.8. The molecule has 0 spiro atoms. The van der Waals surface area contributed by atoms with E-state index < -0.39 is 0 Å². The van der Waals surface area contributed by atoms with Crippen molar-refractivity contribution in [2.45, 2.75) is 45.8 Å². The number of carbonyl (C=O) groups is 1. The van der Waals surface area contributed by atoms with E-state index in [1.165, 1.54) is 0 Å². The van der Waals surface area contributed by atoms with Gasteiger partial charge in [0.1, 0.15) is 17.6 Å². The van der Waals surface area contributed by atoms with Crippen LogP contribution in [0.4, 0.5) is 0 Å². The first-order chi connectivity index (χ1) is 15.5. The van der Waals surface area contributed by atoms with Crippen LogP contribution in [0.15, 0.2) is 29.3 Å². The van der Waals surface area contributed by atoms with Crippen molar-refractivity contribution in [1.82, 2.24) is 20.0 Å². The van der Waals surface area contributed by atoms with Crippen molar-refractivity contribution in [3.8, 4) is 11.5 Å². The number of rotatable bonds is 8. The van der Waals surface area contributed by atoms with Gasteiger partial charge in [-0.05, 0) is 57.9 Å². The highest BCUT2D eigenvalue weighted by Gasteiger charge is 2.30. The predicted octanol–water partition coefficient (Wildman–Crippen LogP) is 2.67. The lowest BCUT2D eigenvalue weighted by molar-refractivity contribution is -0.135. The van der Waals surface area contributed by atoms with Gasteiger partial charge in [0.05, 0.1) is 19.7 Å². The molecule has 2 atom stereocenters. The van der Waals surface area contributed by atoms with Gasteiger partial charge in [0, 0.05) is 45.8 Å². The zero-order valence-electron chi connectivity index (χ0n) is 20.5. The highest BCUT2D eigenvalue weighted by Crippen LogP contribution is 2.18. The third-order valence-electron chi connectivity index (χ3n) is 6.17. The van der Waals surface area contributed by atoms with Crippen LogP contribution in [0.1, 0.15) is 33.6 Å². The zero-order chi connectivity index (χ0) is 22.9. The van der Waals surface area contributed by atoms with Gasteiger partial charge < -0.3 is 24.6 Å². The number of guanidine groups is 1. The molecule has 33 heavy (non-hydrogen) atoms. The third kappa shape index (κ3) is 7.91. The Bertz CT molecular complexity index is 747. The molecule has 1 aromatic carbocycles. The monoisotopic (exact) mass is 573 g/mol. The van der Waals surface area contributed by atoms with Crippen LogP contribution in [-0.2, 0) is 4.79 Å². The molecule has 1 amide bonds. The van der Waals surface area contributed by atoms with Crippen molar-refractivity contribution in [3.63, 3.8) is 0 Å².